The van der Waals surface area contributed by atoms with Gasteiger partial charge in [-0.15, -0.1) is 11.8 Å². The second kappa shape index (κ2) is 6.00. The van der Waals surface area contributed by atoms with Crippen LogP contribution in [-0.2, 0) is 5.75 Å². The molecule has 2 aromatic carbocycles. The second-order valence-corrected chi connectivity index (χ2v) is 6.03. The summed E-state index contributed by atoms with van der Waals surface area (Å²) in [4.78, 5) is 8.61. The number of hydrogen-bond acceptors (Lipinski definition) is 3. The highest BCUT2D eigenvalue weighted by molar-refractivity contribution is 7.98. The van der Waals surface area contributed by atoms with E-state index >= 15 is 0 Å². The molecule has 0 aliphatic carbocycles. The van der Waals surface area contributed by atoms with Gasteiger partial charge < -0.3 is 0 Å². The van der Waals surface area contributed by atoms with E-state index in [0.29, 0.717) is 10.0 Å². The Morgan fingerprint density at radius 2 is 1.85 bits per heavy atom. The summed E-state index contributed by atoms with van der Waals surface area (Å²) in [5.41, 5.74) is 2.00. The largest absolute Gasteiger partial charge is 0.236 e. The van der Waals surface area contributed by atoms with Gasteiger partial charge >= 0.3 is 0 Å². The molecule has 100 valence electrons. The number of benzene rings is 2. The van der Waals surface area contributed by atoms with Crippen molar-refractivity contribution in [2.45, 2.75) is 10.8 Å². The minimum Gasteiger partial charge on any atom is -0.236 e. The smallest absolute Gasteiger partial charge is 0.117 e. The molecule has 0 N–H and O–H groups in total. The molecule has 1 aromatic heterocycles. The van der Waals surface area contributed by atoms with Crippen LogP contribution in [0.3, 0.4) is 0 Å². The maximum atomic E-state index is 6.18. The molecule has 1 heterocycles. The Hall–Kier alpha value is -1.29. The van der Waals surface area contributed by atoms with Crippen LogP contribution in [0.15, 0.2) is 53.8 Å². The zero-order chi connectivity index (χ0) is 13.9. The highest BCUT2D eigenvalue weighted by Crippen LogP contribution is 2.30. The molecule has 0 saturated heterocycles. The average Bonchev–Trinajstić information content (AvgIpc) is 2.46. The van der Waals surface area contributed by atoms with Gasteiger partial charge in [-0.2, -0.15) is 0 Å². The summed E-state index contributed by atoms with van der Waals surface area (Å²) in [6.07, 6.45) is 1.59. The van der Waals surface area contributed by atoms with Crippen molar-refractivity contribution in [3.8, 4) is 0 Å². The van der Waals surface area contributed by atoms with Gasteiger partial charge in [0.25, 0.3) is 0 Å². The van der Waals surface area contributed by atoms with E-state index in [1.807, 2.05) is 36.4 Å². The number of nitrogens with zero attached hydrogens (tertiary/aromatic N) is 2. The molecule has 2 nitrogen and oxygen atoms in total. The Kier molecular flexibility index (Phi) is 4.10. The Labute approximate surface area is 131 Å². The van der Waals surface area contributed by atoms with Crippen molar-refractivity contribution in [2.75, 3.05) is 0 Å². The maximum absolute atomic E-state index is 6.18. The van der Waals surface area contributed by atoms with Crippen molar-refractivity contribution in [2.24, 2.45) is 0 Å². The van der Waals surface area contributed by atoms with Gasteiger partial charge in [0.15, 0.2) is 0 Å². The van der Waals surface area contributed by atoms with Crippen LogP contribution in [0.5, 0.6) is 0 Å². The van der Waals surface area contributed by atoms with Crippen LogP contribution < -0.4 is 0 Å². The van der Waals surface area contributed by atoms with Crippen molar-refractivity contribution in [3.05, 3.63) is 64.4 Å². The minimum absolute atomic E-state index is 0.649. The number of halogens is 2. The molecule has 0 unspecified atom stereocenters. The summed E-state index contributed by atoms with van der Waals surface area (Å²) in [7, 11) is 0. The Balaban J connectivity index is 1.87. The van der Waals surface area contributed by atoms with Crippen LogP contribution in [0.4, 0.5) is 0 Å². The second-order valence-electron chi connectivity index (χ2n) is 4.22. The lowest BCUT2D eigenvalue weighted by Crippen LogP contribution is -1.88. The third-order valence-corrected chi connectivity index (χ3v) is 4.53. The first-order chi connectivity index (χ1) is 9.74. The normalized spacial score (nSPS) is 10.9. The molecule has 0 amide bonds. The molecule has 5 heteroatoms. The molecule has 0 fully saturated rings. The molecule has 0 aliphatic rings. The lowest BCUT2D eigenvalue weighted by Gasteiger charge is -2.06. The van der Waals surface area contributed by atoms with E-state index in [4.69, 9.17) is 23.2 Å². The van der Waals surface area contributed by atoms with Crippen LogP contribution in [0.1, 0.15) is 5.56 Å². The first-order valence-corrected chi connectivity index (χ1v) is 7.74. The van der Waals surface area contributed by atoms with Gasteiger partial charge in [0.2, 0.25) is 0 Å². The first kappa shape index (κ1) is 13.7. The maximum Gasteiger partial charge on any atom is 0.117 e. The molecule has 0 spiro atoms. The van der Waals surface area contributed by atoms with Crippen LogP contribution >= 0.6 is 35.0 Å². The molecular formula is C15H10Cl2N2S. The monoisotopic (exact) mass is 320 g/mol. The van der Waals surface area contributed by atoms with Crippen molar-refractivity contribution in [1.29, 1.82) is 0 Å². The third kappa shape index (κ3) is 2.90. The van der Waals surface area contributed by atoms with E-state index in [1.54, 1.807) is 24.2 Å². The lowest BCUT2D eigenvalue weighted by molar-refractivity contribution is 1.10. The quantitative estimate of drug-likeness (QED) is 0.488. The molecule has 3 aromatic rings. The number of para-hydroxylation sites is 1. The summed E-state index contributed by atoms with van der Waals surface area (Å²) >= 11 is 13.7. The van der Waals surface area contributed by atoms with Crippen LogP contribution in [-0.4, -0.2) is 9.97 Å². The molecular weight excluding hydrogens is 311 g/mol. The van der Waals surface area contributed by atoms with E-state index in [9.17, 15) is 0 Å². The molecule has 0 radical (unpaired) electrons. The predicted molar refractivity (Wildman–Crippen MR) is 85.6 cm³/mol. The fourth-order valence-electron chi connectivity index (χ4n) is 1.88. The number of fused-ring (bicyclic) bond motifs is 1. The fraction of sp³-hybridized carbons (Fsp3) is 0.0667. The summed E-state index contributed by atoms with van der Waals surface area (Å²) in [5, 5.41) is 3.35. The third-order valence-electron chi connectivity index (χ3n) is 2.89. The minimum atomic E-state index is 0.649. The van der Waals surface area contributed by atoms with Crippen molar-refractivity contribution < 1.29 is 0 Å². The summed E-state index contributed by atoms with van der Waals surface area (Å²) < 4.78 is 0. The van der Waals surface area contributed by atoms with Crippen molar-refractivity contribution in [3.63, 3.8) is 0 Å². The van der Waals surface area contributed by atoms with Gasteiger partial charge in [-0.05, 0) is 23.8 Å². The predicted octanol–water partition coefficient (Wildman–Crippen LogP) is 5.23. The van der Waals surface area contributed by atoms with Crippen LogP contribution in [0.25, 0.3) is 10.9 Å². The molecule has 3 rings (SSSR count). The Morgan fingerprint density at radius 1 is 1.00 bits per heavy atom. The van der Waals surface area contributed by atoms with Crippen LogP contribution in [0, 0.1) is 0 Å². The first-order valence-electron chi connectivity index (χ1n) is 6.00. The van der Waals surface area contributed by atoms with Gasteiger partial charge in [0, 0.05) is 21.2 Å². The number of rotatable bonds is 3. The lowest BCUT2D eigenvalue weighted by atomic mass is 10.2. The zero-order valence-corrected chi connectivity index (χ0v) is 12.7. The number of thioether (sulfide) groups is 1. The zero-order valence-electron chi connectivity index (χ0n) is 10.4. The van der Waals surface area contributed by atoms with E-state index in [-0.39, 0.29) is 0 Å². The van der Waals surface area contributed by atoms with E-state index in [1.165, 1.54) is 0 Å². The summed E-state index contributed by atoms with van der Waals surface area (Å²) in [5.74, 6) is 0.747. The summed E-state index contributed by atoms with van der Waals surface area (Å²) in [6.45, 7) is 0. The van der Waals surface area contributed by atoms with E-state index < -0.39 is 0 Å². The van der Waals surface area contributed by atoms with Crippen LogP contribution in [0.2, 0.25) is 10.0 Å². The van der Waals surface area contributed by atoms with Gasteiger partial charge in [0.05, 0.1) is 5.52 Å². The molecule has 20 heavy (non-hydrogen) atoms. The molecule has 0 atom stereocenters. The topological polar surface area (TPSA) is 25.8 Å². The molecule has 0 bridgehead atoms. The highest BCUT2D eigenvalue weighted by atomic mass is 35.5. The molecule has 0 aliphatic heterocycles. The van der Waals surface area contributed by atoms with Gasteiger partial charge in [-0.25, -0.2) is 9.97 Å². The Bertz CT molecular complexity index is 756. The van der Waals surface area contributed by atoms with E-state index in [0.717, 1.165) is 27.2 Å². The highest BCUT2D eigenvalue weighted by Gasteiger charge is 2.06. The van der Waals surface area contributed by atoms with Gasteiger partial charge in [-0.1, -0.05) is 47.5 Å². The SMILES string of the molecule is Clc1ccc(CSc2ncnc3ccccc23)c(Cl)c1. The number of hydrogen-bond donors (Lipinski definition) is 0. The fourth-order valence-corrected chi connectivity index (χ4v) is 3.43. The average molecular weight is 321 g/mol. The van der Waals surface area contributed by atoms with Crippen molar-refractivity contribution in [1.82, 2.24) is 9.97 Å². The van der Waals surface area contributed by atoms with Gasteiger partial charge in [-0.3, -0.25) is 0 Å². The van der Waals surface area contributed by atoms with Crippen molar-refractivity contribution >= 4 is 45.9 Å². The van der Waals surface area contributed by atoms with Gasteiger partial charge in [0.1, 0.15) is 11.4 Å². The Morgan fingerprint density at radius 3 is 2.70 bits per heavy atom. The summed E-state index contributed by atoms with van der Waals surface area (Å²) in [6, 6.07) is 13.5. The molecule has 0 saturated carbocycles. The standard InChI is InChI=1S/C15H10Cl2N2S/c16-11-6-5-10(13(17)7-11)8-20-15-12-3-1-2-4-14(12)18-9-19-15/h1-7,9H,8H2. The number of aromatic nitrogens is 2. The van der Waals surface area contributed by atoms with E-state index in [2.05, 4.69) is 9.97 Å².